The lowest BCUT2D eigenvalue weighted by Crippen LogP contribution is -2.39. The highest BCUT2D eigenvalue weighted by Gasteiger charge is 2.20. The molecule has 0 heterocycles. The monoisotopic (exact) mass is 371 g/mol. The highest BCUT2D eigenvalue weighted by Crippen LogP contribution is 2.15. The minimum Gasteiger partial charge on any atom is -0.444 e. The van der Waals surface area contributed by atoms with E-state index in [2.05, 4.69) is 5.32 Å². The fourth-order valence-electron chi connectivity index (χ4n) is 2.18. The third-order valence-electron chi connectivity index (χ3n) is 3.37. The first-order chi connectivity index (χ1) is 11.5. The van der Waals surface area contributed by atoms with Gasteiger partial charge in [0.2, 0.25) is 0 Å². The maximum Gasteiger partial charge on any atom is 0.407 e. The molecule has 1 N–H and O–H groups in total. The number of benzene rings is 1. The standard InChI is InChI=1S/C18H29NO5S/c1-6-7-15(19-17(20)24-18(3,4)5)12-13-23-25(21,22)16-10-8-14(2)9-11-16/h8-11,15H,6-7,12-13H2,1-5H3,(H,19,20). The molecule has 0 bridgehead atoms. The van der Waals surface area contributed by atoms with E-state index in [9.17, 15) is 13.2 Å². The van der Waals surface area contributed by atoms with Gasteiger partial charge in [-0.25, -0.2) is 4.79 Å². The van der Waals surface area contributed by atoms with E-state index < -0.39 is 21.8 Å². The van der Waals surface area contributed by atoms with Crippen LogP contribution >= 0.6 is 0 Å². The fraction of sp³-hybridized carbons (Fsp3) is 0.611. The first-order valence-electron chi connectivity index (χ1n) is 8.49. The first kappa shape index (κ1) is 21.4. The van der Waals surface area contributed by atoms with Crippen LogP contribution in [0.2, 0.25) is 0 Å². The zero-order valence-corrected chi connectivity index (χ0v) is 16.5. The molecule has 0 saturated heterocycles. The van der Waals surface area contributed by atoms with Crippen LogP contribution in [0.15, 0.2) is 29.2 Å². The number of alkyl carbamates (subject to hydrolysis) is 1. The molecular weight excluding hydrogens is 342 g/mol. The Morgan fingerprint density at radius 2 is 1.76 bits per heavy atom. The van der Waals surface area contributed by atoms with Crippen LogP contribution in [0.3, 0.4) is 0 Å². The molecule has 1 unspecified atom stereocenters. The lowest BCUT2D eigenvalue weighted by molar-refractivity contribution is 0.0496. The number of amides is 1. The molecule has 0 aliphatic heterocycles. The number of nitrogens with one attached hydrogen (secondary N) is 1. The Morgan fingerprint density at radius 3 is 2.28 bits per heavy atom. The van der Waals surface area contributed by atoms with Crippen molar-refractivity contribution in [3.05, 3.63) is 29.8 Å². The van der Waals surface area contributed by atoms with E-state index in [0.29, 0.717) is 12.8 Å². The van der Waals surface area contributed by atoms with E-state index in [4.69, 9.17) is 8.92 Å². The topological polar surface area (TPSA) is 81.7 Å². The summed E-state index contributed by atoms with van der Waals surface area (Å²) in [7, 11) is -3.79. The quantitative estimate of drug-likeness (QED) is 0.703. The molecule has 142 valence electrons. The minimum absolute atomic E-state index is 0.00330. The number of carbonyl (C=O) groups is 1. The summed E-state index contributed by atoms with van der Waals surface area (Å²) in [5, 5.41) is 2.77. The van der Waals surface area contributed by atoms with Crippen LogP contribution in [0.25, 0.3) is 0 Å². The smallest absolute Gasteiger partial charge is 0.407 e. The lowest BCUT2D eigenvalue weighted by Gasteiger charge is -2.23. The molecule has 1 amide bonds. The van der Waals surface area contributed by atoms with Crippen molar-refractivity contribution in [3.8, 4) is 0 Å². The van der Waals surface area contributed by atoms with Crippen molar-refractivity contribution in [1.82, 2.24) is 5.32 Å². The Kier molecular flexibility index (Phi) is 7.89. The second-order valence-electron chi connectivity index (χ2n) is 7.01. The molecule has 0 aliphatic rings. The largest absolute Gasteiger partial charge is 0.444 e. The number of aryl methyl sites for hydroxylation is 1. The van der Waals surface area contributed by atoms with Gasteiger partial charge in [-0.3, -0.25) is 4.18 Å². The zero-order chi connectivity index (χ0) is 19.1. The minimum atomic E-state index is -3.79. The molecular formula is C18H29NO5S. The van der Waals surface area contributed by atoms with Gasteiger partial charge in [-0.1, -0.05) is 31.0 Å². The van der Waals surface area contributed by atoms with Crippen LogP contribution in [-0.4, -0.2) is 32.8 Å². The molecule has 6 nitrogen and oxygen atoms in total. The van der Waals surface area contributed by atoms with Crippen LogP contribution in [0.5, 0.6) is 0 Å². The van der Waals surface area contributed by atoms with Crippen molar-refractivity contribution in [2.75, 3.05) is 6.61 Å². The summed E-state index contributed by atoms with van der Waals surface area (Å²) in [6, 6.07) is 6.29. The molecule has 1 rings (SSSR count). The molecule has 7 heteroatoms. The Morgan fingerprint density at radius 1 is 1.16 bits per heavy atom. The number of hydrogen-bond donors (Lipinski definition) is 1. The van der Waals surface area contributed by atoms with E-state index in [1.54, 1.807) is 32.9 Å². The van der Waals surface area contributed by atoms with E-state index >= 15 is 0 Å². The summed E-state index contributed by atoms with van der Waals surface area (Å²) in [6.45, 7) is 9.25. The van der Waals surface area contributed by atoms with Crippen LogP contribution in [0, 0.1) is 6.92 Å². The molecule has 1 aromatic rings. The molecule has 0 aliphatic carbocycles. The van der Waals surface area contributed by atoms with Crippen LogP contribution < -0.4 is 5.32 Å². The predicted octanol–water partition coefficient (Wildman–Crippen LogP) is 3.78. The van der Waals surface area contributed by atoms with Gasteiger partial charge >= 0.3 is 6.09 Å². The van der Waals surface area contributed by atoms with Gasteiger partial charge in [-0.15, -0.1) is 0 Å². The molecule has 0 aromatic heterocycles. The normalized spacial score (nSPS) is 13.3. The second kappa shape index (κ2) is 9.20. The summed E-state index contributed by atoms with van der Waals surface area (Å²) in [5.74, 6) is 0. The van der Waals surface area contributed by atoms with Gasteiger partial charge in [0, 0.05) is 6.04 Å². The van der Waals surface area contributed by atoms with Crippen molar-refractivity contribution in [2.24, 2.45) is 0 Å². The van der Waals surface area contributed by atoms with Gasteiger partial charge in [-0.2, -0.15) is 8.42 Å². The zero-order valence-electron chi connectivity index (χ0n) is 15.7. The molecule has 0 fully saturated rings. The van der Waals surface area contributed by atoms with Crippen molar-refractivity contribution in [1.29, 1.82) is 0 Å². The first-order valence-corrected chi connectivity index (χ1v) is 9.90. The van der Waals surface area contributed by atoms with Crippen molar-refractivity contribution >= 4 is 16.2 Å². The molecule has 0 spiro atoms. The highest BCUT2D eigenvalue weighted by molar-refractivity contribution is 7.86. The van der Waals surface area contributed by atoms with Crippen LogP contribution in [0.1, 0.15) is 52.5 Å². The summed E-state index contributed by atoms with van der Waals surface area (Å²) < 4.78 is 34.6. The van der Waals surface area contributed by atoms with Gasteiger partial charge in [0.05, 0.1) is 11.5 Å². The molecule has 0 saturated carbocycles. The average molecular weight is 371 g/mol. The average Bonchev–Trinajstić information content (AvgIpc) is 2.45. The summed E-state index contributed by atoms with van der Waals surface area (Å²) in [5.41, 5.74) is 0.398. The lowest BCUT2D eigenvalue weighted by atomic mass is 10.1. The third kappa shape index (κ3) is 8.36. The number of carbonyl (C=O) groups excluding carboxylic acids is 1. The Hall–Kier alpha value is -1.60. The van der Waals surface area contributed by atoms with Crippen molar-refractivity contribution in [3.63, 3.8) is 0 Å². The SMILES string of the molecule is CCCC(CCOS(=O)(=O)c1ccc(C)cc1)NC(=O)OC(C)(C)C. The molecule has 1 aromatic carbocycles. The molecule has 0 radical (unpaired) electrons. The van der Waals surface area contributed by atoms with Gasteiger partial charge in [0.25, 0.3) is 10.1 Å². The highest BCUT2D eigenvalue weighted by atomic mass is 32.2. The van der Waals surface area contributed by atoms with Crippen molar-refractivity contribution < 1.29 is 22.1 Å². The predicted molar refractivity (Wildman–Crippen MR) is 97.0 cm³/mol. The van der Waals surface area contributed by atoms with Crippen molar-refractivity contribution in [2.45, 2.75) is 70.4 Å². The van der Waals surface area contributed by atoms with Gasteiger partial charge in [0.15, 0.2) is 0 Å². The third-order valence-corrected chi connectivity index (χ3v) is 4.70. The Bertz CT molecular complexity index is 647. The van der Waals surface area contributed by atoms with Crippen LogP contribution in [0.4, 0.5) is 4.79 Å². The van der Waals surface area contributed by atoms with E-state index in [1.807, 2.05) is 13.8 Å². The maximum absolute atomic E-state index is 12.2. The molecule has 1 atom stereocenters. The Labute approximate surface area is 151 Å². The maximum atomic E-state index is 12.2. The van der Waals surface area contributed by atoms with Gasteiger partial charge in [0.1, 0.15) is 5.60 Å². The summed E-state index contributed by atoms with van der Waals surface area (Å²) in [4.78, 5) is 12.0. The molecule has 25 heavy (non-hydrogen) atoms. The number of rotatable bonds is 8. The summed E-state index contributed by atoms with van der Waals surface area (Å²) >= 11 is 0. The Balaban J connectivity index is 2.57. The number of ether oxygens (including phenoxy) is 1. The van der Waals surface area contributed by atoms with E-state index in [0.717, 1.165) is 12.0 Å². The van der Waals surface area contributed by atoms with Crippen LogP contribution in [-0.2, 0) is 19.0 Å². The number of hydrogen-bond acceptors (Lipinski definition) is 5. The second-order valence-corrected chi connectivity index (χ2v) is 8.63. The van der Waals surface area contributed by atoms with E-state index in [-0.39, 0.29) is 17.5 Å². The summed E-state index contributed by atoms with van der Waals surface area (Å²) in [6.07, 6.45) is 1.45. The van der Waals surface area contributed by atoms with Gasteiger partial charge < -0.3 is 10.1 Å². The van der Waals surface area contributed by atoms with E-state index in [1.165, 1.54) is 12.1 Å². The van der Waals surface area contributed by atoms with Gasteiger partial charge in [-0.05, 0) is 52.7 Å². The fourth-order valence-corrected chi connectivity index (χ4v) is 3.11.